The quantitative estimate of drug-likeness (QED) is 0.771. The van der Waals surface area contributed by atoms with Crippen LogP contribution in [-0.4, -0.2) is 14.5 Å². The van der Waals surface area contributed by atoms with Crippen LogP contribution in [0, 0.1) is 13.8 Å². The Morgan fingerprint density at radius 3 is 2.19 bits per heavy atom. The third-order valence-corrected chi connectivity index (χ3v) is 5.75. The van der Waals surface area contributed by atoms with Crippen LogP contribution in [0.25, 0.3) is 0 Å². The zero-order valence-electron chi connectivity index (χ0n) is 13.5. The van der Waals surface area contributed by atoms with Gasteiger partial charge in [-0.1, -0.05) is 39.2 Å². The van der Waals surface area contributed by atoms with E-state index in [-0.39, 0.29) is 12.0 Å². The van der Waals surface area contributed by atoms with Crippen molar-refractivity contribution >= 4 is 10.1 Å². The molecule has 1 aliphatic carbocycles. The maximum atomic E-state index is 12.7. The number of aryl methyl sites for hydroxylation is 2. The van der Waals surface area contributed by atoms with E-state index in [0.29, 0.717) is 4.90 Å². The van der Waals surface area contributed by atoms with Crippen LogP contribution in [0.3, 0.4) is 0 Å². The average Bonchev–Trinajstić information content (AvgIpc) is 2.41. The molecule has 0 unspecified atom stereocenters. The summed E-state index contributed by atoms with van der Waals surface area (Å²) in [7, 11) is -3.67. The molecule has 1 saturated carbocycles. The van der Waals surface area contributed by atoms with Crippen molar-refractivity contribution in [3.05, 3.63) is 28.8 Å². The third-order valence-electron chi connectivity index (χ3n) is 4.33. The standard InChI is InChI=1S/C17H26O3S/c1-12(2)16-10-13(3)14(4)11-17(16)21(18,19)20-15-8-6-5-7-9-15/h10-12,15H,5-9H2,1-4H3. The number of hydrogen-bond donors (Lipinski definition) is 0. The first-order valence-corrected chi connectivity index (χ1v) is 9.26. The van der Waals surface area contributed by atoms with E-state index in [1.807, 2.05) is 33.8 Å². The van der Waals surface area contributed by atoms with E-state index in [1.165, 1.54) is 6.42 Å². The van der Waals surface area contributed by atoms with Crippen molar-refractivity contribution < 1.29 is 12.6 Å². The molecule has 0 aromatic heterocycles. The van der Waals surface area contributed by atoms with Crippen molar-refractivity contribution in [3.8, 4) is 0 Å². The van der Waals surface area contributed by atoms with Crippen LogP contribution in [0.2, 0.25) is 0 Å². The topological polar surface area (TPSA) is 43.4 Å². The van der Waals surface area contributed by atoms with Gasteiger partial charge in [0, 0.05) is 0 Å². The zero-order valence-corrected chi connectivity index (χ0v) is 14.3. The minimum Gasteiger partial charge on any atom is -0.263 e. The predicted molar refractivity (Wildman–Crippen MR) is 85.1 cm³/mol. The van der Waals surface area contributed by atoms with Gasteiger partial charge in [-0.3, -0.25) is 4.18 Å². The first kappa shape index (κ1) is 16.5. The lowest BCUT2D eigenvalue weighted by molar-refractivity contribution is 0.162. The normalized spacial score (nSPS) is 17.4. The summed E-state index contributed by atoms with van der Waals surface area (Å²) in [5, 5.41) is 0. The molecule has 1 fully saturated rings. The van der Waals surface area contributed by atoms with E-state index in [2.05, 4.69) is 0 Å². The summed E-state index contributed by atoms with van der Waals surface area (Å²) in [5.74, 6) is 0.157. The van der Waals surface area contributed by atoms with E-state index in [4.69, 9.17) is 4.18 Å². The highest BCUT2D eigenvalue weighted by atomic mass is 32.2. The molecule has 1 aromatic carbocycles. The van der Waals surface area contributed by atoms with Crippen LogP contribution in [0.15, 0.2) is 17.0 Å². The lowest BCUT2D eigenvalue weighted by Gasteiger charge is -2.23. The molecule has 0 atom stereocenters. The zero-order chi connectivity index (χ0) is 15.6. The Labute approximate surface area is 128 Å². The Bertz CT molecular complexity index is 597. The fourth-order valence-corrected chi connectivity index (χ4v) is 4.43. The Morgan fingerprint density at radius 2 is 1.62 bits per heavy atom. The highest BCUT2D eigenvalue weighted by Gasteiger charge is 2.27. The molecule has 118 valence electrons. The highest BCUT2D eigenvalue weighted by molar-refractivity contribution is 7.86. The van der Waals surface area contributed by atoms with Gasteiger partial charge in [0.05, 0.1) is 11.0 Å². The summed E-state index contributed by atoms with van der Waals surface area (Å²) in [5.41, 5.74) is 2.97. The molecule has 0 aliphatic heterocycles. The second-order valence-corrected chi connectivity index (χ2v) is 7.98. The van der Waals surface area contributed by atoms with Crippen LogP contribution < -0.4 is 0 Å². The van der Waals surface area contributed by atoms with Crippen LogP contribution in [0.1, 0.15) is 68.6 Å². The molecule has 0 radical (unpaired) electrons. The summed E-state index contributed by atoms with van der Waals surface area (Å²) in [4.78, 5) is 0.353. The minimum atomic E-state index is -3.67. The molecule has 0 heterocycles. The lowest BCUT2D eigenvalue weighted by Crippen LogP contribution is -2.22. The molecule has 1 aromatic rings. The lowest BCUT2D eigenvalue weighted by atomic mass is 9.98. The maximum absolute atomic E-state index is 12.7. The predicted octanol–water partition coefficient (Wildman–Crippen LogP) is 4.46. The van der Waals surface area contributed by atoms with Crippen LogP contribution >= 0.6 is 0 Å². The molecule has 3 nitrogen and oxygen atoms in total. The fourth-order valence-electron chi connectivity index (χ4n) is 2.87. The van der Waals surface area contributed by atoms with Crippen molar-refractivity contribution in [2.75, 3.05) is 0 Å². The second-order valence-electron chi connectivity index (χ2n) is 6.44. The molecule has 0 bridgehead atoms. The fraction of sp³-hybridized carbons (Fsp3) is 0.647. The molecular weight excluding hydrogens is 284 g/mol. The van der Waals surface area contributed by atoms with Gasteiger partial charge in [0.25, 0.3) is 10.1 Å². The van der Waals surface area contributed by atoms with Crippen molar-refractivity contribution in [3.63, 3.8) is 0 Å². The molecule has 0 amide bonds. The molecule has 2 rings (SSSR count). The SMILES string of the molecule is Cc1cc(C(C)C)c(S(=O)(=O)OC2CCCCC2)cc1C. The third kappa shape index (κ3) is 3.86. The number of benzene rings is 1. The first-order chi connectivity index (χ1) is 9.81. The summed E-state index contributed by atoms with van der Waals surface area (Å²) < 4.78 is 30.9. The van der Waals surface area contributed by atoms with Crippen molar-refractivity contribution in [1.29, 1.82) is 0 Å². The van der Waals surface area contributed by atoms with Crippen molar-refractivity contribution in [2.45, 2.75) is 76.7 Å². The van der Waals surface area contributed by atoms with Gasteiger partial charge in [0.1, 0.15) is 0 Å². The smallest absolute Gasteiger partial charge is 0.263 e. The van der Waals surface area contributed by atoms with E-state index in [1.54, 1.807) is 6.07 Å². The Balaban J connectivity index is 2.36. The first-order valence-electron chi connectivity index (χ1n) is 7.85. The van der Waals surface area contributed by atoms with E-state index in [0.717, 1.165) is 42.4 Å². The number of rotatable bonds is 4. The van der Waals surface area contributed by atoms with Gasteiger partial charge in [0.2, 0.25) is 0 Å². The van der Waals surface area contributed by atoms with Gasteiger partial charge in [-0.05, 0) is 55.4 Å². The van der Waals surface area contributed by atoms with E-state index in [9.17, 15) is 8.42 Å². The summed E-state index contributed by atoms with van der Waals surface area (Å²) in [6.07, 6.45) is 4.85. The second kappa shape index (κ2) is 6.49. The Kier molecular flexibility index (Phi) is 5.10. The Hall–Kier alpha value is -0.870. The Morgan fingerprint density at radius 1 is 1.05 bits per heavy atom. The van der Waals surface area contributed by atoms with Gasteiger partial charge in [-0.25, -0.2) is 0 Å². The van der Waals surface area contributed by atoms with Crippen molar-refractivity contribution in [1.82, 2.24) is 0 Å². The summed E-state index contributed by atoms with van der Waals surface area (Å²) in [6.45, 7) is 7.99. The molecule has 0 spiro atoms. The molecule has 21 heavy (non-hydrogen) atoms. The van der Waals surface area contributed by atoms with Gasteiger partial charge in [0.15, 0.2) is 0 Å². The van der Waals surface area contributed by atoms with Crippen molar-refractivity contribution in [2.24, 2.45) is 0 Å². The summed E-state index contributed by atoms with van der Waals surface area (Å²) >= 11 is 0. The van der Waals surface area contributed by atoms with Gasteiger partial charge in [-0.2, -0.15) is 8.42 Å². The van der Waals surface area contributed by atoms with Gasteiger partial charge < -0.3 is 0 Å². The average molecular weight is 310 g/mol. The highest BCUT2D eigenvalue weighted by Crippen LogP contribution is 2.31. The van der Waals surface area contributed by atoms with Crippen LogP contribution in [0.4, 0.5) is 0 Å². The van der Waals surface area contributed by atoms with Crippen LogP contribution in [0.5, 0.6) is 0 Å². The van der Waals surface area contributed by atoms with Gasteiger partial charge in [-0.15, -0.1) is 0 Å². The molecular formula is C17H26O3S. The molecule has 4 heteroatoms. The van der Waals surface area contributed by atoms with Crippen LogP contribution in [-0.2, 0) is 14.3 Å². The molecule has 1 aliphatic rings. The summed E-state index contributed by atoms with van der Waals surface area (Å²) in [6, 6.07) is 3.75. The van der Waals surface area contributed by atoms with Gasteiger partial charge >= 0.3 is 0 Å². The molecule has 0 saturated heterocycles. The largest absolute Gasteiger partial charge is 0.297 e. The van der Waals surface area contributed by atoms with E-state index < -0.39 is 10.1 Å². The minimum absolute atomic E-state index is 0.148. The molecule has 0 N–H and O–H groups in total. The number of hydrogen-bond acceptors (Lipinski definition) is 3. The monoisotopic (exact) mass is 310 g/mol. The van der Waals surface area contributed by atoms with E-state index >= 15 is 0 Å². The maximum Gasteiger partial charge on any atom is 0.297 e.